The van der Waals surface area contributed by atoms with E-state index < -0.39 is 17.4 Å². The molecule has 1 aromatic heterocycles. The summed E-state index contributed by atoms with van der Waals surface area (Å²) in [5.74, 6) is -0.0713. The van der Waals surface area contributed by atoms with E-state index in [9.17, 15) is 22.8 Å². The van der Waals surface area contributed by atoms with Gasteiger partial charge in [0.15, 0.2) is 5.82 Å². The van der Waals surface area contributed by atoms with Gasteiger partial charge in [0, 0.05) is 23.7 Å². The molecule has 0 radical (unpaired) electrons. The minimum atomic E-state index is -4.49. The highest BCUT2D eigenvalue weighted by Gasteiger charge is 2.33. The van der Waals surface area contributed by atoms with Crippen LogP contribution in [0.5, 0.6) is 0 Å². The van der Waals surface area contributed by atoms with Crippen LogP contribution in [0.2, 0.25) is 0 Å². The summed E-state index contributed by atoms with van der Waals surface area (Å²) in [4.78, 5) is 25.5. The van der Waals surface area contributed by atoms with Gasteiger partial charge in [-0.15, -0.1) is 5.10 Å². The molecule has 0 saturated heterocycles. The van der Waals surface area contributed by atoms with Gasteiger partial charge in [0.1, 0.15) is 0 Å². The summed E-state index contributed by atoms with van der Waals surface area (Å²) < 4.78 is 42.2. The van der Waals surface area contributed by atoms with E-state index in [1.165, 1.54) is 21.4 Å². The van der Waals surface area contributed by atoms with Crippen LogP contribution in [-0.4, -0.2) is 26.8 Å². The van der Waals surface area contributed by atoms with E-state index in [-0.39, 0.29) is 36.4 Å². The van der Waals surface area contributed by atoms with E-state index in [0.29, 0.717) is 5.56 Å². The number of benzene rings is 3. The highest BCUT2D eigenvalue weighted by molar-refractivity contribution is 5.98. The number of nitrogens with zero attached hydrogens (tertiary/aromatic N) is 3. The first kappa shape index (κ1) is 21.9. The normalized spacial score (nSPS) is 13.9. The maximum absolute atomic E-state index is 13.2. The van der Waals surface area contributed by atoms with Crippen molar-refractivity contribution in [2.45, 2.75) is 31.6 Å². The van der Waals surface area contributed by atoms with Crippen LogP contribution in [0.25, 0.3) is 22.2 Å². The molecule has 6 nitrogen and oxygen atoms in total. The highest BCUT2D eigenvalue weighted by atomic mass is 19.4. The second-order valence-electron chi connectivity index (χ2n) is 8.33. The monoisotopic (exact) mass is 466 g/mol. The summed E-state index contributed by atoms with van der Waals surface area (Å²) in [6, 6.07) is 17.8. The largest absolute Gasteiger partial charge is 0.416 e. The molecule has 1 fully saturated rings. The van der Waals surface area contributed by atoms with Crippen molar-refractivity contribution in [3.05, 3.63) is 88.3 Å². The fourth-order valence-electron chi connectivity index (χ4n) is 3.97. The molecule has 4 aromatic rings. The molecule has 174 valence electrons. The summed E-state index contributed by atoms with van der Waals surface area (Å²) in [6.07, 6.45) is -2.94. The van der Waals surface area contributed by atoms with Gasteiger partial charge in [0.2, 0.25) is 0 Å². The van der Waals surface area contributed by atoms with Gasteiger partial charge >= 0.3 is 11.9 Å². The third kappa shape index (κ3) is 4.33. The Labute approximate surface area is 192 Å². The van der Waals surface area contributed by atoms with Crippen LogP contribution in [0.3, 0.4) is 0 Å². The molecule has 0 aliphatic heterocycles. The number of nitrogens with one attached hydrogen (secondary N) is 1. The van der Waals surface area contributed by atoms with E-state index >= 15 is 0 Å². The smallest absolute Gasteiger partial charge is 0.350 e. The number of carbonyl (C=O) groups is 1. The molecule has 3 aromatic carbocycles. The molecule has 1 heterocycles. The summed E-state index contributed by atoms with van der Waals surface area (Å²) in [6.45, 7) is 0.249. The van der Waals surface area contributed by atoms with Crippen LogP contribution in [0.1, 0.15) is 34.8 Å². The molecule has 1 aliphatic carbocycles. The molecule has 1 amide bonds. The molecule has 9 heteroatoms. The number of amides is 1. The van der Waals surface area contributed by atoms with Crippen molar-refractivity contribution in [2.75, 3.05) is 6.54 Å². The van der Waals surface area contributed by atoms with Crippen LogP contribution in [-0.2, 0) is 12.7 Å². The lowest BCUT2D eigenvalue weighted by molar-refractivity contribution is -0.137. The summed E-state index contributed by atoms with van der Waals surface area (Å²) in [5.41, 5.74) is -0.455. The van der Waals surface area contributed by atoms with Gasteiger partial charge in [-0.25, -0.2) is 9.48 Å². The molecule has 34 heavy (non-hydrogen) atoms. The van der Waals surface area contributed by atoms with Crippen LogP contribution >= 0.6 is 0 Å². The van der Waals surface area contributed by atoms with Crippen LogP contribution in [0, 0.1) is 0 Å². The lowest BCUT2D eigenvalue weighted by Crippen LogP contribution is -2.32. The first-order valence-electron chi connectivity index (χ1n) is 11.0. The fraction of sp³-hybridized carbons (Fsp3) is 0.240. The summed E-state index contributed by atoms with van der Waals surface area (Å²) >= 11 is 0. The van der Waals surface area contributed by atoms with Crippen LogP contribution in [0.4, 0.5) is 13.2 Å². The zero-order valence-electron chi connectivity index (χ0n) is 18.0. The zero-order chi connectivity index (χ0) is 23.9. The Balaban J connectivity index is 1.34. The molecular formula is C25H21F3N4O2. The lowest BCUT2D eigenvalue weighted by Gasteiger charge is -2.09. The fourth-order valence-corrected chi connectivity index (χ4v) is 3.97. The van der Waals surface area contributed by atoms with Crippen molar-refractivity contribution < 1.29 is 18.0 Å². The Kier molecular flexibility index (Phi) is 5.47. The number of rotatable bonds is 6. The Morgan fingerprint density at radius 2 is 1.76 bits per heavy atom. The van der Waals surface area contributed by atoms with Crippen molar-refractivity contribution in [3.63, 3.8) is 0 Å². The van der Waals surface area contributed by atoms with Gasteiger partial charge < -0.3 is 5.32 Å². The average Bonchev–Trinajstić information content (AvgIpc) is 3.61. The third-order valence-corrected chi connectivity index (χ3v) is 5.85. The number of halogens is 3. The maximum atomic E-state index is 13.2. The number of hydrogen-bond donors (Lipinski definition) is 1. The van der Waals surface area contributed by atoms with Crippen molar-refractivity contribution >= 4 is 16.7 Å². The van der Waals surface area contributed by atoms with Crippen molar-refractivity contribution in [1.29, 1.82) is 0 Å². The predicted molar refractivity (Wildman–Crippen MR) is 121 cm³/mol. The van der Waals surface area contributed by atoms with E-state index in [1.54, 1.807) is 12.1 Å². The predicted octanol–water partition coefficient (Wildman–Crippen LogP) is 4.65. The number of hydrogen-bond acceptors (Lipinski definition) is 3. The number of carbonyl (C=O) groups excluding carboxylic acids is 1. The van der Waals surface area contributed by atoms with Crippen LogP contribution < -0.4 is 11.0 Å². The van der Waals surface area contributed by atoms with E-state index in [1.807, 2.05) is 30.3 Å². The molecule has 0 spiro atoms. The van der Waals surface area contributed by atoms with Gasteiger partial charge in [-0.1, -0.05) is 42.5 Å². The number of aromatic nitrogens is 3. The molecular weight excluding hydrogens is 445 g/mol. The van der Waals surface area contributed by atoms with Crippen molar-refractivity contribution in [1.82, 2.24) is 19.7 Å². The number of alkyl halides is 3. The standard InChI is InChI=1S/C25H21F3N4O2/c26-25(27,28)20-7-3-6-18(15-20)22-30-31(24(34)32(22)21-10-11-21)13-12-29-23(33)19-9-8-16-4-1-2-5-17(16)14-19/h1-9,14-15,21H,10-13H2,(H,29,33). The van der Waals surface area contributed by atoms with E-state index in [4.69, 9.17) is 0 Å². The molecule has 5 rings (SSSR count). The van der Waals surface area contributed by atoms with Gasteiger partial charge in [-0.05, 0) is 47.9 Å². The van der Waals surface area contributed by atoms with Gasteiger partial charge in [-0.3, -0.25) is 9.36 Å². The van der Waals surface area contributed by atoms with E-state index in [2.05, 4.69) is 10.4 Å². The van der Waals surface area contributed by atoms with Gasteiger partial charge in [0.25, 0.3) is 5.91 Å². The quantitative estimate of drug-likeness (QED) is 0.450. The minimum absolute atomic E-state index is 0.0713. The third-order valence-electron chi connectivity index (χ3n) is 5.85. The minimum Gasteiger partial charge on any atom is -0.350 e. The first-order valence-corrected chi connectivity index (χ1v) is 11.0. The maximum Gasteiger partial charge on any atom is 0.416 e. The first-order chi connectivity index (χ1) is 16.3. The Morgan fingerprint density at radius 1 is 1.00 bits per heavy atom. The van der Waals surface area contributed by atoms with Gasteiger partial charge in [0.05, 0.1) is 12.1 Å². The summed E-state index contributed by atoms with van der Waals surface area (Å²) in [5, 5.41) is 9.08. The Morgan fingerprint density at radius 3 is 2.50 bits per heavy atom. The molecule has 0 unspecified atom stereocenters. The second-order valence-corrected chi connectivity index (χ2v) is 8.33. The Bertz CT molecular complexity index is 1430. The molecule has 0 bridgehead atoms. The van der Waals surface area contributed by atoms with Crippen molar-refractivity contribution in [3.8, 4) is 11.4 Å². The topological polar surface area (TPSA) is 68.9 Å². The van der Waals surface area contributed by atoms with Gasteiger partial charge in [-0.2, -0.15) is 13.2 Å². The lowest BCUT2D eigenvalue weighted by atomic mass is 10.1. The summed E-state index contributed by atoms with van der Waals surface area (Å²) in [7, 11) is 0. The molecule has 1 N–H and O–H groups in total. The second kappa shape index (κ2) is 8.48. The van der Waals surface area contributed by atoms with Crippen molar-refractivity contribution in [2.24, 2.45) is 0 Å². The molecule has 0 atom stereocenters. The molecule has 1 aliphatic rings. The van der Waals surface area contributed by atoms with Crippen LogP contribution in [0.15, 0.2) is 71.5 Å². The Hall–Kier alpha value is -3.88. The average molecular weight is 466 g/mol. The van der Waals surface area contributed by atoms with E-state index in [0.717, 1.165) is 35.7 Å². The molecule has 1 saturated carbocycles. The SMILES string of the molecule is O=C(NCCn1nc(-c2cccc(C(F)(F)F)c2)n(C2CC2)c1=O)c1ccc2ccccc2c1. The number of fused-ring (bicyclic) bond motifs is 1. The zero-order valence-corrected chi connectivity index (χ0v) is 18.0. The highest BCUT2D eigenvalue weighted by Crippen LogP contribution is 2.37.